The summed E-state index contributed by atoms with van der Waals surface area (Å²) in [5, 5.41) is 3.98. The molecule has 1 fully saturated rings. The fourth-order valence-corrected chi connectivity index (χ4v) is 5.18. The van der Waals surface area contributed by atoms with E-state index in [1.807, 2.05) is 0 Å². The molecule has 180 valence electrons. The standard InChI is InChI=1S/C31H46N2/c1-20(2)25-16-12-17-26(21(3)4)29(25)32-31(24-14-10-9-11-15-24)33-30-27(22(5)6)18-13-19-28(30)23(7)8/h12-13,16-24H,9-11,14-15H2,1-8H3,(H,32,33). The van der Waals surface area contributed by atoms with Crippen LogP contribution in [-0.2, 0) is 0 Å². The molecule has 1 saturated carbocycles. The molecule has 3 rings (SSSR count). The van der Waals surface area contributed by atoms with Crippen molar-refractivity contribution in [3.8, 4) is 0 Å². The molecule has 1 aliphatic carbocycles. The Bertz CT molecular complexity index is 891. The Morgan fingerprint density at radius 2 is 1.09 bits per heavy atom. The van der Waals surface area contributed by atoms with E-state index >= 15 is 0 Å². The lowest BCUT2D eigenvalue weighted by atomic mass is 9.87. The van der Waals surface area contributed by atoms with Gasteiger partial charge in [0.25, 0.3) is 0 Å². The van der Waals surface area contributed by atoms with E-state index in [1.54, 1.807) is 0 Å². The Morgan fingerprint density at radius 3 is 1.52 bits per heavy atom. The lowest BCUT2D eigenvalue weighted by Crippen LogP contribution is -2.26. The molecule has 1 aliphatic rings. The number of para-hydroxylation sites is 2. The van der Waals surface area contributed by atoms with Gasteiger partial charge in [0.15, 0.2) is 0 Å². The van der Waals surface area contributed by atoms with Crippen molar-refractivity contribution in [1.29, 1.82) is 0 Å². The number of anilines is 1. The lowest BCUT2D eigenvalue weighted by Gasteiger charge is -2.28. The number of hydrogen-bond acceptors (Lipinski definition) is 1. The summed E-state index contributed by atoms with van der Waals surface area (Å²) in [7, 11) is 0. The van der Waals surface area contributed by atoms with Gasteiger partial charge in [0.1, 0.15) is 5.84 Å². The molecule has 0 bridgehead atoms. The summed E-state index contributed by atoms with van der Waals surface area (Å²) in [4.78, 5) is 5.53. The molecule has 2 aromatic carbocycles. The van der Waals surface area contributed by atoms with Gasteiger partial charge in [0, 0.05) is 11.6 Å². The van der Waals surface area contributed by atoms with Gasteiger partial charge in [-0.1, -0.05) is 111 Å². The molecule has 33 heavy (non-hydrogen) atoms. The van der Waals surface area contributed by atoms with Gasteiger partial charge >= 0.3 is 0 Å². The van der Waals surface area contributed by atoms with Crippen LogP contribution in [0.5, 0.6) is 0 Å². The molecule has 0 aromatic heterocycles. The minimum Gasteiger partial charge on any atom is -0.343 e. The van der Waals surface area contributed by atoms with E-state index in [9.17, 15) is 0 Å². The van der Waals surface area contributed by atoms with E-state index in [0.29, 0.717) is 29.6 Å². The zero-order chi connectivity index (χ0) is 24.1. The second-order valence-corrected chi connectivity index (χ2v) is 11.2. The number of hydrogen-bond donors (Lipinski definition) is 1. The Kier molecular flexibility index (Phi) is 8.79. The summed E-state index contributed by atoms with van der Waals surface area (Å²) in [5.74, 6) is 3.51. The molecule has 0 atom stereocenters. The monoisotopic (exact) mass is 446 g/mol. The number of aliphatic imine (C=N–C) groups is 1. The minimum atomic E-state index is 0.448. The summed E-state index contributed by atoms with van der Waals surface area (Å²) in [6.45, 7) is 18.3. The molecule has 1 N–H and O–H groups in total. The first-order valence-electron chi connectivity index (χ1n) is 13.3. The largest absolute Gasteiger partial charge is 0.343 e. The molecule has 0 aliphatic heterocycles. The first-order valence-corrected chi connectivity index (χ1v) is 13.3. The van der Waals surface area contributed by atoms with Crippen molar-refractivity contribution in [2.45, 2.75) is 111 Å². The highest BCUT2D eigenvalue weighted by molar-refractivity contribution is 6.00. The number of benzene rings is 2. The molecule has 2 heteroatoms. The van der Waals surface area contributed by atoms with Crippen molar-refractivity contribution in [2.24, 2.45) is 10.9 Å². The molecule has 0 unspecified atom stereocenters. The molecule has 2 nitrogen and oxygen atoms in total. The van der Waals surface area contributed by atoms with Crippen LogP contribution in [0.2, 0.25) is 0 Å². The van der Waals surface area contributed by atoms with Crippen LogP contribution in [0.15, 0.2) is 41.4 Å². The molecule has 0 saturated heterocycles. The number of nitrogens with one attached hydrogen (secondary N) is 1. The maximum Gasteiger partial charge on any atom is 0.110 e. The van der Waals surface area contributed by atoms with Crippen molar-refractivity contribution in [1.82, 2.24) is 0 Å². The minimum absolute atomic E-state index is 0.448. The Balaban J connectivity index is 2.20. The fourth-order valence-electron chi connectivity index (χ4n) is 5.18. The number of nitrogens with zero attached hydrogens (tertiary/aromatic N) is 1. The van der Waals surface area contributed by atoms with Gasteiger partial charge in [-0.05, 0) is 58.8 Å². The van der Waals surface area contributed by atoms with Crippen LogP contribution in [0, 0.1) is 5.92 Å². The molecule has 0 radical (unpaired) electrons. The molecular formula is C31H46N2. The molecule has 0 spiro atoms. The van der Waals surface area contributed by atoms with Gasteiger partial charge in [0.05, 0.1) is 5.69 Å². The van der Waals surface area contributed by atoms with Crippen LogP contribution in [0.25, 0.3) is 0 Å². The summed E-state index contributed by atoms with van der Waals surface area (Å²) < 4.78 is 0. The SMILES string of the molecule is CC(C)c1cccc(C(C)C)c1N=C(Nc1c(C(C)C)cccc1C(C)C)C1CCCCC1. The highest BCUT2D eigenvalue weighted by Crippen LogP contribution is 2.38. The average Bonchev–Trinajstić information content (AvgIpc) is 2.78. The summed E-state index contributed by atoms with van der Waals surface area (Å²) >= 11 is 0. The summed E-state index contributed by atoms with van der Waals surface area (Å²) in [5.41, 5.74) is 8.00. The van der Waals surface area contributed by atoms with Crippen LogP contribution in [0.1, 0.15) is 133 Å². The highest BCUT2D eigenvalue weighted by atomic mass is 15.0. The van der Waals surface area contributed by atoms with E-state index in [-0.39, 0.29) is 0 Å². The molecule has 0 heterocycles. The van der Waals surface area contributed by atoms with Crippen molar-refractivity contribution >= 4 is 17.2 Å². The average molecular weight is 447 g/mol. The first-order chi connectivity index (χ1) is 15.7. The van der Waals surface area contributed by atoms with Crippen molar-refractivity contribution in [2.75, 3.05) is 5.32 Å². The maximum absolute atomic E-state index is 5.53. The van der Waals surface area contributed by atoms with Gasteiger partial charge < -0.3 is 5.32 Å². The smallest absolute Gasteiger partial charge is 0.110 e. The molecule has 2 aromatic rings. The fraction of sp³-hybridized carbons (Fsp3) is 0.581. The van der Waals surface area contributed by atoms with E-state index in [0.717, 1.165) is 0 Å². The third-order valence-corrected chi connectivity index (χ3v) is 7.19. The van der Waals surface area contributed by atoms with E-state index in [1.165, 1.54) is 71.6 Å². The van der Waals surface area contributed by atoms with Crippen LogP contribution < -0.4 is 5.32 Å². The van der Waals surface area contributed by atoms with Crippen molar-refractivity contribution in [3.63, 3.8) is 0 Å². The lowest BCUT2D eigenvalue weighted by molar-refractivity contribution is 0.439. The van der Waals surface area contributed by atoms with Crippen molar-refractivity contribution in [3.05, 3.63) is 58.7 Å². The van der Waals surface area contributed by atoms with Crippen LogP contribution in [0.3, 0.4) is 0 Å². The van der Waals surface area contributed by atoms with E-state index in [2.05, 4.69) is 97.1 Å². The topological polar surface area (TPSA) is 24.4 Å². The van der Waals surface area contributed by atoms with Crippen LogP contribution >= 0.6 is 0 Å². The molecular weight excluding hydrogens is 400 g/mol. The Morgan fingerprint density at radius 1 is 0.667 bits per heavy atom. The molecule has 0 amide bonds. The number of amidine groups is 1. The van der Waals surface area contributed by atoms with Crippen molar-refractivity contribution < 1.29 is 0 Å². The number of rotatable bonds is 7. The Labute approximate surface area is 203 Å². The third-order valence-electron chi connectivity index (χ3n) is 7.19. The maximum atomic E-state index is 5.53. The van der Waals surface area contributed by atoms with E-state index < -0.39 is 0 Å². The normalized spacial score (nSPS) is 15.8. The summed E-state index contributed by atoms with van der Waals surface area (Å²) in [6, 6.07) is 13.6. The van der Waals surface area contributed by atoms with Gasteiger partial charge in [0.2, 0.25) is 0 Å². The highest BCUT2D eigenvalue weighted by Gasteiger charge is 2.24. The predicted octanol–water partition coefficient (Wildman–Crippen LogP) is 9.90. The third kappa shape index (κ3) is 6.08. The first kappa shape index (κ1) is 25.5. The zero-order valence-electron chi connectivity index (χ0n) is 22.3. The Hall–Kier alpha value is -2.09. The van der Waals surface area contributed by atoms with Gasteiger partial charge in [-0.2, -0.15) is 0 Å². The van der Waals surface area contributed by atoms with Gasteiger partial charge in [-0.25, -0.2) is 4.99 Å². The van der Waals surface area contributed by atoms with Gasteiger partial charge in [-0.15, -0.1) is 0 Å². The zero-order valence-corrected chi connectivity index (χ0v) is 22.3. The quantitative estimate of drug-likeness (QED) is 0.332. The van der Waals surface area contributed by atoms with E-state index in [4.69, 9.17) is 4.99 Å². The second kappa shape index (κ2) is 11.4. The summed E-state index contributed by atoms with van der Waals surface area (Å²) in [6.07, 6.45) is 6.42. The van der Waals surface area contributed by atoms with Crippen LogP contribution in [0.4, 0.5) is 11.4 Å². The van der Waals surface area contributed by atoms with Gasteiger partial charge in [-0.3, -0.25) is 0 Å². The second-order valence-electron chi connectivity index (χ2n) is 11.2. The predicted molar refractivity (Wildman–Crippen MR) is 147 cm³/mol. The van der Waals surface area contributed by atoms with Crippen LogP contribution in [-0.4, -0.2) is 5.84 Å².